The Balaban J connectivity index is 1.97. The van der Waals surface area contributed by atoms with Crippen molar-refractivity contribution < 1.29 is 14.3 Å². The number of fused-ring (bicyclic) bond motifs is 1. The quantitative estimate of drug-likeness (QED) is 0.574. The van der Waals surface area contributed by atoms with E-state index in [1.807, 2.05) is 13.8 Å². The summed E-state index contributed by atoms with van der Waals surface area (Å²) in [5.74, 6) is 0.490. The fourth-order valence-corrected chi connectivity index (χ4v) is 3.95. The zero-order valence-corrected chi connectivity index (χ0v) is 16.7. The summed E-state index contributed by atoms with van der Waals surface area (Å²) in [6, 6.07) is 13.4. The number of hydrogen-bond acceptors (Lipinski definition) is 4. The lowest BCUT2D eigenvalue weighted by molar-refractivity contribution is 0.0996. The number of nitrogens with zero attached hydrogens (tertiary/aromatic N) is 2. The fraction of sp³-hybridized carbons (Fsp3) is 0.333. The zero-order chi connectivity index (χ0) is 19.2. The molecular weight excluding hydrogens is 360 g/mol. The summed E-state index contributed by atoms with van der Waals surface area (Å²) in [4.78, 5) is 17.7. The van der Waals surface area contributed by atoms with Crippen LogP contribution in [-0.2, 0) is 11.3 Å². The van der Waals surface area contributed by atoms with Gasteiger partial charge in [0.15, 0.2) is 4.80 Å². The molecule has 27 heavy (non-hydrogen) atoms. The SMILES string of the molecule is CCOCCn1c(=NC(=O)c2ccc(OCC)cc2)sc2cc(C)ccc21. The molecule has 0 radical (unpaired) electrons. The van der Waals surface area contributed by atoms with Gasteiger partial charge in [0, 0.05) is 18.7 Å². The van der Waals surface area contributed by atoms with Crippen LogP contribution >= 0.6 is 11.3 Å². The zero-order valence-electron chi connectivity index (χ0n) is 15.9. The number of amides is 1. The lowest BCUT2D eigenvalue weighted by Crippen LogP contribution is -2.19. The molecule has 0 saturated carbocycles. The monoisotopic (exact) mass is 384 g/mol. The molecule has 0 aliphatic rings. The predicted molar refractivity (Wildman–Crippen MR) is 109 cm³/mol. The van der Waals surface area contributed by atoms with E-state index in [-0.39, 0.29) is 5.91 Å². The molecular formula is C21H24N2O3S. The van der Waals surface area contributed by atoms with Gasteiger partial charge in [-0.15, -0.1) is 0 Å². The van der Waals surface area contributed by atoms with Gasteiger partial charge in [0.05, 0.1) is 23.4 Å². The van der Waals surface area contributed by atoms with E-state index in [9.17, 15) is 4.79 Å². The molecule has 0 atom stereocenters. The number of thiazole rings is 1. The Kier molecular flexibility index (Phi) is 6.42. The minimum Gasteiger partial charge on any atom is -0.494 e. The average Bonchev–Trinajstić information content (AvgIpc) is 2.99. The van der Waals surface area contributed by atoms with Crippen LogP contribution in [0.3, 0.4) is 0 Å². The molecule has 0 spiro atoms. The Morgan fingerprint density at radius 3 is 2.59 bits per heavy atom. The minimum absolute atomic E-state index is 0.258. The summed E-state index contributed by atoms with van der Waals surface area (Å²) >= 11 is 1.53. The highest BCUT2D eigenvalue weighted by Crippen LogP contribution is 2.19. The van der Waals surface area contributed by atoms with Crippen molar-refractivity contribution in [1.29, 1.82) is 0 Å². The third-order valence-corrected chi connectivity index (χ3v) is 5.15. The van der Waals surface area contributed by atoms with Crippen LogP contribution in [0.1, 0.15) is 29.8 Å². The maximum atomic E-state index is 12.7. The van der Waals surface area contributed by atoms with Gasteiger partial charge in [-0.3, -0.25) is 4.79 Å². The number of benzene rings is 2. The van der Waals surface area contributed by atoms with Crippen molar-refractivity contribution >= 4 is 27.5 Å². The Morgan fingerprint density at radius 1 is 1.11 bits per heavy atom. The first-order valence-electron chi connectivity index (χ1n) is 9.12. The van der Waals surface area contributed by atoms with Crippen LogP contribution in [0.25, 0.3) is 10.2 Å². The number of rotatable bonds is 7. The molecule has 142 valence electrons. The number of carbonyl (C=O) groups is 1. The van der Waals surface area contributed by atoms with Crippen molar-refractivity contribution in [2.75, 3.05) is 19.8 Å². The largest absolute Gasteiger partial charge is 0.494 e. The molecule has 1 amide bonds. The van der Waals surface area contributed by atoms with E-state index in [1.165, 1.54) is 16.9 Å². The highest BCUT2D eigenvalue weighted by molar-refractivity contribution is 7.16. The van der Waals surface area contributed by atoms with Gasteiger partial charge in [-0.2, -0.15) is 4.99 Å². The molecule has 0 saturated heterocycles. The average molecular weight is 385 g/mol. The van der Waals surface area contributed by atoms with E-state index < -0.39 is 0 Å². The van der Waals surface area contributed by atoms with Crippen molar-refractivity contribution in [3.05, 3.63) is 58.4 Å². The van der Waals surface area contributed by atoms with Crippen LogP contribution in [0.4, 0.5) is 0 Å². The normalized spacial score (nSPS) is 11.9. The number of aryl methyl sites for hydroxylation is 1. The molecule has 3 aromatic rings. The van der Waals surface area contributed by atoms with Crippen LogP contribution < -0.4 is 9.54 Å². The van der Waals surface area contributed by atoms with E-state index in [4.69, 9.17) is 9.47 Å². The molecule has 0 aliphatic carbocycles. The van der Waals surface area contributed by atoms with E-state index >= 15 is 0 Å². The second kappa shape index (κ2) is 8.97. The first-order valence-corrected chi connectivity index (χ1v) is 9.93. The molecule has 1 aromatic heterocycles. The van der Waals surface area contributed by atoms with E-state index in [0.29, 0.717) is 36.7 Å². The molecule has 0 fully saturated rings. The molecule has 2 aromatic carbocycles. The standard InChI is InChI=1S/C21H24N2O3S/c1-4-25-13-12-23-18-11-6-15(3)14-19(18)27-21(23)22-20(24)16-7-9-17(10-8-16)26-5-2/h6-11,14H,4-5,12-13H2,1-3H3. The van der Waals surface area contributed by atoms with Gasteiger partial charge in [-0.05, 0) is 62.7 Å². The van der Waals surface area contributed by atoms with Crippen molar-refractivity contribution in [3.63, 3.8) is 0 Å². The van der Waals surface area contributed by atoms with Crippen molar-refractivity contribution in [3.8, 4) is 5.75 Å². The molecule has 5 nitrogen and oxygen atoms in total. The van der Waals surface area contributed by atoms with Gasteiger partial charge in [0.1, 0.15) is 5.75 Å². The highest BCUT2D eigenvalue weighted by Gasteiger charge is 2.10. The third kappa shape index (κ3) is 4.64. The maximum absolute atomic E-state index is 12.7. The summed E-state index contributed by atoms with van der Waals surface area (Å²) in [6.07, 6.45) is 0. The summed E-state index contributed by atoms with van der Waals surface area (Å²) in [7, 11) is 0. The van der Waals surface area contributed by atoms with Gasteiger partial charge in [0.2, 0.25) is 0 Å². The van der Waals surface area contributed by atoms with E-state index in [2.05, 4.69) is 34.7 Å². The Labute approximate surface area is 162 Å². The fourth-order valence-electron chi connectivity index (χ4n) is 2.79. The third-order valence-electron chi connectivity index (χ3n) is 4.11. The summed E-state index contributed by atoms with van der Waals surface area (Å²) in [5, 5.41) is 0. The highest BCUT2D eigenvalue weighted by atomic mass is 32.1. The Morgan fingerprint density at radius 2 is 1.89 bits per heavy atom. The van der Waals surface area contributed by atoms with Gasteiger partial charge < -0.3 is 14.0 Å². The second-order valence-electron chi connectivity index (χ2n) is 6.08. The van der Waals surface area contributed by atoms with Crippen LogP contribution in [0.2, 0.25) is 0 Å². The van der Waals surface area contributed by atoms with Gasteiger partial charge in [0.25, 0.3) is 5.91 Å². The number of ether oxygens (including phenoxy) is 2. The van der Waals surface area contributed by atoms with E-state index in [1.54, 1.807) is 24.3 Å². The van der Waals surface area contributed by atoms with Crippen molar-refractivity contribution in [1.82, 2.24) is 4.57 Å². The van der Waals surface area contributed by atoms with Crippen LogP contribution in [0, 0.1) is 6.92 Å². The number of hydrogen-bond donors (Lipinski definition) is 0. The van der Waals surface area contributed by atoms with Crippen LogP contribution in [0.15, 0.2) is 47.5 Å². The van der Waals surface area contributed by atoms with Crippen LogP contribution in [0.5, 0.6) is 5.75 Å². The predicted octanol–water partition coefficient (Wildman–Crippen LogP) is 4.19. The topological polar surface area (TPSA) is 52.8 Å². The number of carbonyl (C=O) groups excluding carboxylic acids is 1. The molecule has 6 heteroatoms. The first-order chi connectivity index (χ1) is 13.1. The maximum Gasteiger partial charge on any atom is 0.279 e. The molecule has 3 rings (SSSR count). The molecule has 0 aliphatic heterocycles. The lowest BCUT2D eigenvalue weighted by Gasteiger charge is -2.06. The molecule has 0 N–H and O–H groups in total. The lowest BCUT2D eigenvalue weighted by atomic mass is 10.2. The van der Waals surface area contributed by atoms with Crippen LogP contribution in [-0.4, -0.2) is 30.3 Å². The first kappa shape index (κ1) is 19.3. The molecule has 0 bridgehead atoms. The number of aromatic nitrogens is 1. The Bertz CT molecular complexity index is 987. The summed E-state index contributed by atoms with van der Waals surface area (Å²) in [5.41, 5.74) is 2.80. The van der Waals surface area contributed by atoms with Crippen molar-refractivity contribution in [2.45, 2.75) is 27.3 Å². The minimum atomic E-state index is -0.258. The van der Waals surface area contributed by atoms with Gasteiger partial charge in [-0.1, -0.05) is 17.4 Å². The summed E-state index contributed by atoms with van der Waals surface area (Å²) in [6.45, 7) is 8.47. The van der Waals surface area contributed by atoms with Gasteiger partial charge >= 0.3 is 0 Å². The van der Waals surface area contributed by atoms with Crippen molar-refractivity contribution in [2.24, 2.45) is 4.99 Å². The van der Waals surface area contributed by atoms with Gasteiger partial charge in [-0.25, -0.2) is 0 Å². The smallest absolute Gasteiger partial charge is 0.279 e. The molecule has 1 heterocycles. The molecule has 0 unspecified atom stereocenters. The Hall–Kier alpha value is -2.44. The summed E-state index contributed by atoms with van der Waals surface area (Å²) < 4.78 is 14.1. The van der Waals surface area contributed by atoms with E-state index in [0.717, 1.165) is 16.0 Å². The second-order valence-corrected chi connectivity index (χ2v) is 7.09.